The van der Waals surface area contributed by atoms with Gasteiger partial charge in [-0.2, -0.15) is 0 Å². The van der Waals surface area contributed by atoms with Gasteiger partial charge in [0, 0.05) is 32.9 Å². The number of nitrogens with one attached hydrogen (secondary N) is 2. The molecular formula is C18H15BrN2O4S. The summed E-state index contributed by atoms with van der Waals surface area (Å²) in [6.45, 7) is 0. The van der Waals surface area contributed by atoms with E-state index < -0.39 is 11.9 Å². The Hall–Kier alpha value is -2.58. The molecule has 0 aliphatic heterocycles. The topological polar surface area (TPSA) is 95.5 Å². The Morgan fingerprint density at radius 2 is 1.73 bits per heavy atom. The van der Waals surface area contributed by atoms with Crippen molar-refractivity contribution >= 4 is 56.9 Å². The lowest BCUT2D eigenvalue weighted by atomic mass is 10.3. The monoisotopic (exact) mass is 434 g/mol. The largest absolute Gasteiger partial charge is 0.478 e. The molecule has 2 rings (SSSR count). The third-order valence-corrected chi connectivity index (χ3v) is 4.50. The number of carbonyl (C=O) groups is 3. The Balaban J connectivity index is 1.87. The van der Waals surface area contributed by atoms with Crippen molar-refractivity contribution in [2.75, 3.05) is 16.4 Å². The van der Waals surface area contributed by atoms with Crippen LogP contribution in [0.3, 0.4) is 0 Å². The number of anilines is 2. The average Bonchev–Trinajstić information content (AvgIpc) is 2.60. The van der Waals surface area contributed by atoms with Gasteiger partial charge < -0.3 is 15.7 Å². The van der Waals surface area contributed by atoms with Crippen molar-refractivity contribution in [1.29, 1.82) is 0 Å². The highest BCUT2D eigenvalue weighted by molar-refractivity contribution is 9.10. The smallest absolute Gasteiger partial charge is 0.328 e. The average molecular weight is 435 g/mol. The number of thioether (sulfide) groups is 1. The van der Waals surface area contributed by atoms with E-state index in [1.807, 2.05) is 18.2 Å². The van der Waals surface area contributed by atoms with Gasteiger partial charge in [-0.25, -0.2) is 4.79 Å². The number of amides is 2. The molecule has 2 amide bonds. The van der Waals surface area contributed by atoms with E-state index in [2.05, 4.69) is 26.6 Å². The van der Waals surface area contributed by atoms with E-state index in [0.29, 0.717) is 11.4 Å². The molecule has 0 aliphatic rings. The number of carboxylic acids is 1. The zero-order valence-electron chi connectivity index (χ0n) is 13.4. The zero-order chi connectivity index (χ0) is 18.9. The second-order valence-corrected chi connectivity index (χ2v) is 7.00. The number of carboxylic acid groups (broad SMARTS) is 1. The first-order chi connectivity index (χ1) is 12.4. The molecule has 134 valence electrons. The van der Waals surface area contributed by atoms with Crippen molar-refractivity contribution in [2.24, 2.45) is 0 Å². The van der Waals surface area contributed by atoms with Crippen molar-refractivity contribution in [2.45, 2.75) is 4.90 Å². The summed E-state index contributed by atoms with van der Waals surface area (Å²) in [6.07, 6.45) is 1.70. The fraction of sp³-hybridized carbons (Fsp3) is 0.0556. The second-order valence-electron chi connectivity index (χ2n) is 5.03. The van der Waals surface area contributed by atoms with Gasteiger partial charge in [0.15, 0.2) is 0 Å². The van der Waals surface area contributed by atoms with E-state index in [9.17, 15) is 14.4 Å². The third kappa shape index (κ3) is 7.12. The first-order valence-electron chi connectivity index (χ1n) is 7.42. The van der Waals surface area contributed by atoms with Crippen LogP contribution in [0.15, 0.2) is 70.1 Å². The van der Waals surface area contributed by atoms with Gasteiger partial charge in [-0.1, -0.05) is 22.0 Å². The van der Waals surface area contributed by atoms with Gasteiger partial charge in [0.2, 0.25) is 11.8 Å². The van der Waals surface area contributed by atoms with Gasteiger partial charge >= 0.3 is 5.97 Å². The lowest BCUT2D eigenvalue weighted by molar-refractivity contribution is -0.131. The molecule has 0 fully saturated rings. The summed E-state index contributed by atoms with van der Waals surface area (Å²) in [5.74, 6) is -1.66. The Morgan fingerprint density at radius 1 is 1.00 bits per heavy atom. The van der Waals surface area contributed by atoms with Crippen molar-refractivity contribution in [3.05, 3.63) is 65.2 Å². The standard InChI is InChI=1S/C18H15BrN2O4S/c19-12-4-6-13(7-5-12)20-17(23)11-26-15-3-1-2-14(10-15)21-16(22)8-9-18(24)25/h1-10H,11H2,(H,20,23)(H,21,22)(H,24,25)/b9-8+. The summed E-state index contributed by atoms with van der Waals surface area (Å²) >= 11 is 4.66. The van der Waals surface area contributed by atoms with E-state index in [1.54, 1.807) is 30.3 Å². The van der Waals surface area contributed by atoms with Crippen molar-refractivity contribution < 1.29 is 19.5 Å². The SMILES string of the molecule is O=C(O)/C=C/C(=O)Nc1cccc(SCC(=O)Nc2ccc(Br)cc2)c1. The predicted molar refractivity (Wildman–Crippen MR) is 105 cm³/mol. The molecule has 0 saturated heterocycles. The summed E-state index contributed by atoms with van der Waals surface area (Å²) in [7, 11) is 0. The minimum Gasteiger partial charge on any atom is -0.478 e. The molecule has 0 aliphatic carbocycles. The highest BCUT2D eigenvalue weighted by atomic mass is 79.9. The molecular weight excluding hydrogens is 420 g/mol. The summed E-state index contributed by atoms with van der Waals surface area (Å²) in [4.78, 5) is 34.8. The van der Waals surface area contributed by atoms with E-state index in [4.69, 9.17) is 5.11 Å². The molecule has 0 heterocycles. The molecule has 3 N–H and O–H groups in total. The maximum Gasteiger partial charge on any atom is 0.328 e. The van der Waals surface area contributed by atoms with E-state index in [0.717, 1.165) is 21.5 Å². The highest BCUT2D eigenvalue weighted by Gasteiger charge is 2.05. The first-order valence-corrected chi connectivity index (χ1v) is 9.20. The van der Waals surface area contributed by atoms with Crippen LogP contribution in [-0.4, -0.2) is 28.6 Å². The molecule has 8 heteroatoms. The molecule has 0 radical (unpaired) electrons. The number of hydrogen-bond donors (Lipinski definition) is 3. The van der Waals surface area contributed by atoms with E-state index in [1.165, 1.54) is 11.8 Å². The number of carbonyl (C=O) groups excluding carboxylic acids is 2. The van der Waals surface area contributed by atoms with Gasteiger partial charge in [0.05, 0.1) is 5.75 Å². The molecule has 2 aromatic carbocycles. The number of aliphatic carboxylic acids is 1. The lowest BCUT2D eigenvalue weighted by Gasteiger charge is -2.07. The van der Waals surface area contributed by atoms with Crippen LogP contribution in [0.4, 0.5) is 11.4 Å². The Kier molecular flexibility index (Phi) is 7.43. The quantitative estimate of drug-likeness (QED) is 0.455. The van der Waals surface area contributed by atoms with Gasteiger partial charge in [-0.15, -0.1) is 11.8 Å². The van der Waals surface area contributed by atoms with Gasteiger partial charge in [-0.05, 0) is 42.5 Å². The van der Waals surface area contributed by atoms with Gasteiger partial charge in [0.25, 0.3) is 0 Å². The summed E-state index contributed by atoms with van der Waals surface area (Å²) in [6, 6.07) is 14.2. The predicted octanol–water partition coefficient (Wildman–Crippen LogP) is 3.76. The van der Waals surface area contributed by atoms with Crippen LogP contribution in [0, 0.1) is 0 Å². The van der Waals surface area contributed by atoms with Crippen LogP contribution in [0.5, 0.6) is 0 Å². The normalized spacial score (nSPS) is 10.5. The van der Waals surface area contributed by atoms with Gasteiger partial charge in [0.1, 0.15) is 0 Å². The third-order valence-electron chi connectivity index (χ3n) is 2.98. The molecule has 0 aromatic heterocycles. The summed E-state index contributed by atoms with van der Waals surface area (Å²) in [5, 5.41) is 13.9. The first kappa shape index (κ1) is 19.7. The van der Waals surface area contributed by atoms with Gasteiger partial charge in [-0.3, -0.25) is 9.59 Å². The second kappa shape index (κ2) is 9.79. The van der Waals surface area contributed by atoms with Crippen molar-refractivity contribution in [1.82, 2.24) is 0 Å². The van der Waals surface area contributed by atoms with Crippen LogP contribution >= 0.6 is 27.7 Å². The molecule has 0 unspecified atom stereocenters. The van der Waals surface area contributed by atoms with Crippen LogP contribution in [0.25, 0.3) is 0 Å². The molecule has 2 aromatic rings. The van der Waals surface area contributed by atoms with E-state index >= 15 is 0 Å². The molecule has 0 atom stereocenters. The molecule has 0 bridgehead atoms. The Labute approximate surface area is 162 Å². The fourth-order valence-electron chi connectivity index (χ4n) is 1.87. The molecule has 6 nitrogen and oxygen atoms in total. The maximum absolute atomic E-state index is 12.0. The van der Waals surface area contributed by atoms with Crippen LogP contribution in [0.2, 0.25) is 0 Å². The zero-order valence-corrected chi connectivity index (χ0v) is 15.8. The summed E-state index contributed by atoms with van der Waals surface area (Å²) in [5.41, 5.74) is 1.23. The summed E-state index contributed by atoms with van der Waals surface area (Å²) < 4.78 is 0.932. The molecule has 0 spiro atoms. The molecule has 0 saturated carbocycles. The van der Waals surface area contributed by atoms with Crippen LogP contribution < -0.4 is 10.6 Å². The van der Waals surface area contributed by atoms with E-state index in [-0.39, 0.29) is 11.7 Å². The Morgan fingerprint density at radius 3 is 2.42 bits per heavy atom. The minimum absolute atomic E-state index is 0.142. The van der Waals surface area contributed by atoms with Crippen LogP contribution in [-0.2, 0) is 14.4 Å². The number of rotatable bonds is 7. The maximum atomic E-state index is 12.0. The number of hydrogen-bond acceptors (Lipinski definition) is 4. The van der Waals surface area contributed by atoms with Crippen LogP contribution in [0.1, 0.15) is 0 Å². The van der Waals surface area contributed by atoms with Crippen molar-refractivity contribution in [3.8, 4) is 0 Å². The fourth-order valence-corrected chi connectivity index (χ4v) is 2.89. The van der Waals surface area contributed by atoms with Crippen molar-refractivity contribution in [3.63, 3.8) is 0 Å². The Bertz CT molecular complexity index is 837. The minimum atomic E-state index is -1.19. The number of benzene rings is 2. The lowest BCUT2D eigenvalue weighted by Crippen LogP contribution is -2.13. The molecule has 26 heavy (non-hydrogen) atoms. The number of halogens is 1. The highest BCUT2D eigenvalue weighted by Crippen LogP contribution is 2.22.